The number of hydrogen-bond donors (Lipinski definition) is 1. The Morgan fingerprint density at radius 3 is 2.49 bits per heavy atom. The lowest BCUT2D eigenvalue weighted by Crippen LogP contribution is -2.45. The molecule has 2 aromatic carbocycles. The SMILES string of the molecule is CC(C)Cn1cc(C#N)c2cc(Oc3ccc(NC(=O)[C@@H]4CCCN4C(=O)OC(C)(C)C)cc3)ccc21. The van der Waals surface area contributed by atoms with Gasteiger partial charge in [0.1, 0.15) is 29.2 Å². The van der Waals surface area contributed by atoms with Crippen LogP contribution in [0.15, 0.2) is 48.7 Å². The van der Waals surface area contributed by atoms with Crippen LogP contribution in [0.2, 0.25) is 0 Å². The van der Waals surface area contributed by atoms with Crippen LogP contribution in [0.1, 0.15) is 53.0 Å². The molecule has 0 spiro atoms. The van der Waals surface area contributed by atoms with E-state index in [9.17, 15) is 14.9 Å². The van der Waals surface area contributed by atoms with Gasteiger partial charge in [0.2, 0.25) is 5.91 Å². The predicted molar refractivity (Wildman–Crippen MR) is 143 cm³/mol. The molecule has 1 aliphatic heterocycles. The lowest BCUT2D eigenvalue weighted by atomic mass is 10.2. The van der Waals surface area contributed by atoms with E-state index < -0.39 is 17.7 Å². The highest BCUT2D eigenvalue weighted by molar-refractivity contribution is 5.97. The molecule has 1 aliphatic rings. The van der Waals surface area contributed by atoms with Gasteiger partial charge in [0.15, 0.2) is 0 Å². The molecule has 1 N–H and O–H groups in total. The minimum absolute atomic E-state index is 0.238. The van der Waals surface area contributed by atoms with Crippen LogP contribution in [0.5, 0.6) is 11.5 Å². The molecule has 1 aromatic heterocycles. The monoisotopic (exact) mass is 502 g/mol. The average Bonchev–Trinajstić information content (AvgIpc) is 3.44. The first kappa shape index (κ1) is 26.1. The number of benzene rings is 2. The number of likely N-dealkylation sites (tertiary alicyclic amines) is 1. The smallest absolute Gasteiger partial charge is 0.410 e. The molecule has 194 valence electrons. The first-order chi connectivity index (χ1) is 17.5. The number of aromatic nitrogens is 1. The van der Waals surface area contributed by atoms with Crippen molar-refractivity contribution >= 4 is 28.6 Å². The summed E-state index contributed by atoms with van der Waals surface area (Å²) in [7, 11) is 0. The minimum atomic E-state index is -0.616. The Balaban J connectivity index is 1.42. The number of nitrogens with zero attached hydrogens (tertiary/aromatic N) is 3. The number of carbonyl (C=O) groups excluding carboxylic acids is 2. The Bertz CT molecular complexity index is 1330. The zero-order valence-electron chi connectivity index (χ0n) is 22.1. The van der Waals surface area contributed by atoms with E-state index in [-0.39, 0.29) is 5.91 Å². The van der Waals surface area contributed by atoms with Gasteiger partial charge < -0.3 is 19.4 Å². The van der Waals surface area contributed by atoms with Crippen molar-refractivity contribution in [3.63, 3.8) is 0 Å². The van der Waals surface area contributed by atoms with Crippen molar-refractivity contribution in [3.8, 4) is 17.6 Å². The molecule has 0 radical (unpaired) electrons. The van der Waals surface area contributed by atoms with Gasteiger partial charge >= 0.3 is 6.09 Å². The van der Waals surface area contributed by atoms with Crippen LogP contribution >= 0.6 is 0 Å². The van der Waals surface area contributed by atoms with Gasteiger partial charge in [0.05, 0.1) is 5.56 Å². The molecule has 2 heterocycles. The lowest BCUT2D eigenvalue weighted by molar-refractivity contribution is -0.120. The summed E-state index contributed by atoms with van der Waals surface area (Å²) in [6, 6.07) is 14.5. The Morgan fingerprint density at radius 1 is 1.14 bits per heavy atom. The third kappa shape index (κ3) is 6.23. The van der Waals surface area contributed by atoms with Gasteiger partial charge in [-0.3, -0.25) is 9.69 Å². The van der Waals surface area contributed by atoms with Crippen LogP contribution in [-0.2, 0) is 16.1 Å². The van der Waals surface area contributed by atoms with Gasteiger partial charge in [-0.1, -0.05) is 13.8 Å². The molecule has 37 heavy (non-hydrogen) atoms. The summed E-state index contributed by atoms with van der Waals surface area (Å²) in [5, 5.41) is 13.3. The van der Waals surface area contributed by atoms with Crippen LogP contribution in [0.25, 0.3) is 10.9 Å². The second kappa shape index (κ2) is 10.6. The van der Waals surface area contributed by atoms with E-state index in [1.54, 1.807) is 24.3 Å². The lowest BCUT2D eigenvalue weighted by Gasteiger charge is -2.28. The zero-order valence-corrected chi connectivity index (χ0v) is 22.1. The van der Waals surface area contributed by atoms with Crippen molar-refractivity contribution in [1.82, 2.24) is 9.47 Å². The number of anilines is 1. The molecule has 4 rings (SSSR count). The molecule has 8 heteroatoms. The Hall–Kier alpha value is -3.99. The van der Waals surface area contributed by atoms with Gasteiger partial charge in [-0.05, 0) is 82.0 Å². The van der Waals surface area contributed by atoms with Crippen LogP contribution in [0.4, 0.5) is 10.5 Å². The number of nitriles is 1. The number of nitrogens with one attached hydrogen (secondary N) is 1. The summed E-state index contributed by atoms with van der Waals surface area (Å²) in [5.41, 5.74) is 1.62. The molecule has 3 aromatic rings. The molecule has 0 unspecified atom stereocenters. The van der Waals surface area contributed by atoms with Gasteiger partial charge in [-0.15, -0.1) is 0 Å². The molecule has 0 saturated carbocycles. The van der Waals surface area contributed by atoms with Gasteiger partial charge in [0.25, 0.3) is 0 Å². The number of hydrogen-bond acceptors (Lipinski definition) is 5. The van der Waals surface area contributed by atoms with Gasteiger partial charge in [-0.2, -0.15) is 5.26 Å². The quantitative estimate of drug-likeness (QED) is 0.427. The second-order valence-electron chi connectivity index (χ2n) is 10.8. The van der Waals surface area contributed by atoms with Gasteiger partial charge in [0, 0.05) is 35.9 Å². The topological polar surface area (TPSA) is 96.6 Å². The molecule has 1 fully saturated rings. The van der Waals surface area contributed by atoms with Crippen molar-refractivity contribution in [1.29, 1.82) is 5.26 Å². The molecular weight excluding hydrogens is 468 g/mol. The summed E-state index contributed by atoms with van der Waals surface area (Å²) in [6.07, 6.45) is 2.77. The molecule has 2 amide bonds. The first-order valence-electron chi connectivity index (χ1n) is 12.7. The third-order valence-corrected chi connectivity index (χ3v) is 6.08. The Labute approximate surface area is 217 Å². The fourth-order valence-corrected chi connectivity index (χ4v) is 4.52. The minimum Gasteiger partial charge on any atom is -0.457 e. The van der Waals surface area contributed by atoms with E-state index in [0.29, 0.717) is 41.6 Å². The van der Waals surface area contributed by atoms with Crippen LogP contribution in [0.3, 0.4) is 0 Å². The van der Waals surface area contributed by atoms with E-state index >= 15 is 0 Å². The zero-order chi connectivity index (χ0) is 26.7. The summed E-state index contributed by atoms with van der Waals surface area (Å²) in [4.78, 5) is 26.9. The summed E-state index contributed by atoms with van der Waals surface area (Å²) < 4.78 is 13.6. The fourth-order valence-electron chi connectivity index (χ4n) is 4.52. The normalized spacial score (nSPS) is 15.6. The van der Waals surface area contributed by atoms with Crippen molar-refractivity contribution < 1.29 is 19.1 Å². The number of carbonyl (C=O) groups is 2. The molecule has 8 nitrogen and oxygen atoms in total. The number of amides is 2. The van der Waals surface area contributed by atoms with Gasteiger partial charge in [-0.25, -0.2) is 4.79 Å². The largest absolute Gasteiger partial charge is 0.457 e. The molecular formula is C29H34N4O4. The molecule has 0 bridgehead atoms. The van der Waals surface area contributed by atoms with Crippen LogP contribution in [-0.4, -0.2) is 39.7 Å². The maximum Gasteiger partial charge on any atom is 0.410 e. The summed E-state index contributed by atoms with van der Waals surface area (Å²) >= 11 is 0. The van der Waals surface area contributed by atoms with E-state index in [4.69, 9.17) is 9.47 Å². The van der Waals surface area contributed by atoms with Crippen molar-refractivity contribution in [3.05, 3.63) is 54.2 Å². The standard InChI is InChI=1S/C29H34N4O4/c1-19(2)17-32-18-20(16-30)24-15-23(12-13-25(24)32)36-22-10-8-21(9-11-22)31-27(34)26-7-6-14-33(26)28(35)37-29(3,4)5/h8-13,15,18-19,26H,6-7,14,17H2,1-5H3,(H,31,34)/t26-/m0/s1. The second-order valence-corrected chi connectivity index (χ2v) is 10.8. The molecule has 0 aliphatic carbocycles. The number of rotatable bonds is 6. The highest BCUT2D eigenvalue weighted by Gasteiger charge is 2.36. The predicted octanol–water partition coefficient (Wildman–Crippen LogP) is 6.30. The van der Waals surface area contributed by atoms with E-state index in [2.05, 4.69) is 29.8 Å². The maximum absolute atomic E-state index is 12.9. The Morgan fingerprint density at radius 2 is 1.84 bits per heavy atom. The average molecular weight is 503 g/mol. The highest BCUT2D eigenvalue weighted by atomic mass is 16.6. The van der Waals surface area contributed by atoms with Crippen LogP contribution < -0.4 is 10.1 Å². The first-order valence-corrected chi connectivity index (χ1v) is 12.7. The fraction of sp³-hybridized carbons (Fsp3) is 0.414. The van der Waals surface area contributed by atoms with Crippen LogP contribution in [0, 0.1) is 17.2 Å². The molecule has 1 saturated heterocycles. The summed E-state index contributed by atoms with van der Waals surface area (Å²) in [6.45, 7) is 11.0. The summed E-state index contributed by atoms with van der Waals surface area (Å²) in [5.74, 6) is 1.46. The Kier molecular flexibility index (Phi) is 7.44. The maximum atomic E-state index is 12.9. The third-order valence-electron chi connectivity index (χ3n) is 6.08. The van der Waals surface area contributed by atoms with E-state index in [0.717, 1.165) is 23.9 Å². The van der Waals surface area contributed by atoms with E-state index in [1.165, 1.54) is 4.90 Å². The highest BCUT2D eigenvalue weighted by Crippen LogP contribution is 2.30. The van der Waals surface area contributed by atoms with Crippen molar-refractivity contribution in [2.24, 2.45) is 5.92 Å². The molecule has 1 atom stereocenters. The number of fused-ring (bicyclic) bond motifs is 1. The number of ether oxygens (including phenoxy) is 2. The van der Waals surface area contributed by atoms with Crippen molar-refractivity contribution in [2.75, 3.05) is 11.9 Å². The van der Waals surface area contributed by atoms with Crippen molar-refractivity contribution in [2.45, 2.75) is 65.6 Å². The van der Waals surface area contributed by atoms with E-state index in [1.807, 2.05) is 45.2 Å².